The lowest BCUT2D eigenvalue weighted by atomic mass is 10.3. The highest BCUT2D eigenvalue weighted by Crippen LogP contribution is 2.20. The number of hydrogen-bond acceptors (Lipinski definition) is 5. The molecule has 2 heterocycles. The van der Waals surface area contributed by atoms with Crippen LogP contribution in [0.5, 0.6) is 0 Å². The van der Waals surface area contributed by atoms with E-state index in [1.165, 1.54) is 12.3 Å². The van der Waals surface area contributed by atoms with Gasteiger partial charge in [0.15, 0.2) is 17.3 Å². The Morgan fingerprint density at radius 2 is 2.00 bits per heavy atom. The summed E-state index contributed by atoms with van der Waals surface area (Å²) in [7, 11) is 0. The molecular weight excluding hydrogens is 254 g/mol. The van der Waals surface area contributed by atoms with Crippen LogP contribution in [-0.4, -0.2) is 20.2 Å². The number of hydrogen-bond donors (Lipinski definition) is 3. The molecule has 0 unspecified atom stereocenters. The molecule has 4 N–H and O–H groups in total. The molecule has 0 radical (unpaired) electrons. The molecule has 0 saturated heterocycles. The van der Waals surface area contributed by atoms with Gasteiger partial charge in [-0.1, -0.05) is 0 Å². The molecule has 0 bridgehead atoms. The van der Waals surface area contributed by atoms with Crippen molar-refractivity contribution in [3.63, 3.8) is 0 Å². The van der Waals surface area contributed by atoms with E-state index in [9.17, 15) is 8.78 Å². The molecule has 6 nitrogen and oxygen atoms in total. The van der Waals surface area contributed by atoms with Crippen LogP contribution < -0.4 is 11.1 Å². The highest BCUT2D eigenvalue weighted by atomic mass is 19.2. The smallest absolute Gasteiger partial charge is 0.231 e. The Morgan fingerprint density at radius 3 is 2.79 bits per heavy atom. The number of nitrogens with one attached hydrogen (secondary N) is 2. The predicted molar refractivity (Wildman–Crippen MR) is 65.7 cm³/mol. The Bertz CT molecular complexity index is 754. The number of halogens is 2. The van der Waals surface area contributed by atoms with Crippen molar-refractivity contribution < 1.29 is 8.78 Å². The topological polar surface area (TPSA) is 92.5 Å². The number of aromatic nitrogens is 4. The SMILES string of the molecule is Nc1nc(Nc2ccc(F)c(F)c2)nc2[nH]ncc12. The zero-order valence-corrected chi connectivity index (χ0v) is 9.48. The normalized spacial score (nSPS) is 10.8. The van der Waals surface area contributed by atoms with E-state index in [4.69, 9.17) is 5.73 Å². The van der Waals surface area contributed by atoms with Crippen LogP contribution in [0, 0.1) is 11.6 Å². The number of nitrogens with two attached hydrogens (primary N) is 1. The van der Waals surface area contributed by atoms with Crippen molar-refractivity contribution in [2.75, 3.05) is 11.1 Å². The van der Waals surface area contributed by atoms with E-state index in [0.29, 0.717) is 16.7 Å². The highest BCUT2D eigenvalue weighted by Gasteiger charge is 2.08. The summed E-state index contributed by atoms with van der Waals surface area (Å²) in [5.41, 5.74) is 6.50. The third-order valence-electron chi connectivity index (χ3n) is 2.51. The number of nitrogens with zero attached hydrogens (tertiary/aromatic N) is 3. The standard InChI is InChI=1S/C11H8F2N6/c12-7-2-1-5(3-8(7)13)16-11-17-9(14)6-4-15-19-10(6)18-11/h1-4H,(H4,14,15,16,17,18,19). The summed E-state index contributed by atoms with van der Waals surface area (Å²) in [6.07, 6.45) is 1.51. The van der Waals surface area contributed by atoms with Gasteiger partial charge in [0, 0.05) is 11.8 Å². The van der Waals surface area contributed by atoms with Crippen LogP contribution in [0.4, 0.5) is 26.2 Å². The molecule has 0 aliphatic carbocycles. The molecular formula is C11H8F2N6. The van der Waals surface area contributed by atoms with Gasteiger partial charge in [-0.25, -0.2) is 8.78 Å². The summed E-state index contributed by atoms with van der Waals surface area (Å²) in [6, 6.07) is 3.39. The highest BCUT2D eigenvalue weighted by molar-refractivity contribution is 5.85. The maximum Gasteiger partial charge on any atom is 0.231 e. The van der Waals surface area contributed by atoms with Crippen LogP contribution in [0.3, 0.4) is 0 Å². The second-order valence-corrected chi connectivity index (χ2v) is 3.82. The lowest BCUT2D eigenvalue weighted by Crippen LogP contribution is -2.01. The summed E-state index contributed by atoms with van der Waals surface area (Å²) in [4.78, 5) is 8.11. The van der Waals surface area contributed by atoms with Crippen molar-refractivity contribution in [3.05, 3.63) is 36.0 Å². The summed E-state index contributed by atoms with van der Waals surface area (Å²) < 4.78 is 25.9. The fourth-order valence-corrected chi connectivity index (χ4v) is 1.62. The van der Waals surface area contributed by atoms with E-state index in [1.807, 2.05) is 0 Å². The number of anilines is 3. The second kappa shape index (κ2) is 4.16. The molecule has 0 aliphatic rings. The first-order valence-corrected chi connectivity index (χ1v) is 5.32. The number of rotatable bonds is 2. The maximum atomic E-state index is 13.1. The van der Waals surface area contributed by atoms with Crippen molar-refractivity contribution in [1.82, 2.24) is 20.2 Å². The average Bonchev–Trinajstić information content (AvgIpc) is 2.82. The van der Waals surface area contributed by atoms with Crippen LogP contribution in [0.15, 0.2) is 24.4 Å². The van der Waals surface area contributed by atoms with E-state index >= 15 is 0 Å². The van der Waals surface area contributed by atoms with E-state index in [1.54, 1.807) is 0 Å². The molecule has 3 rings (SSSR count). The number of benzene rings is 1. The van der Waals surface area contributed by atoms with Gasteiger partial charge in [0.2, 0.25) is 5.95 Å². The van der Waals surface area contributed by atoms with Crippen LogP contribution >= 0.6 is 0 Å². The minimum absolute atomic E-state index is 0.167. The first-order valence-electron chi connectivity index (χ1n) is 5.32. The van der Waals surface area contributed by atoms with Gasteiger partial charge >= 0.3 is 0 Å². The Hall–Kier alpha value is -2.77. The van der Waals surface area contributed by atoms with Crippen LogP contribution in [0.25, 0.3) is 11.0 Å². The monoisotopic (exact) mass is 262 g/mol. The number of fused-ring (bicyclic) bond motifs is 1. The van der Waals surface area contributed by atoms with Crippen LogP contribution in [0.2, 0.25) is 0 Å². The van der Waals surface area contributed by atoms with Gasteiger partial charge in [0.25, 0.3) is 0 Å². The molecule has 1 aromatic carbocycles. The Morgan fingerprint density at radius 1 is 1.16 bits per heavy atom. The summed E-state index contributed by atoms with van der Waals surface area (Å²) in [5.74, 6) is -1.47. The first kappa shape index (κ1) is 11.3. The lowest BCUT2D eigenvalue weighted by molar-refractivity contribution is 0.509. The zero-order valence-electron chi connectivity index (χ0n) is 9.48. The van der Waals surface area contributed by atoms with Crippen molar-refractivity contribution in [3.8, 4) is 0 Å². The molecule has 0 fully saturated rings. The van der Waals surface area contributed by atoms with Crippen LogP contribution in [-0.2, 0) is 0 Å². The van der Waals surface area contributed by atoms with Crippen molar-refractivity contribution in [2.24, 2.45) is 0 Å². The molecule has 2 aromatic heterocycles. The number of H-pyrrole nitrogens is 1. The Balaban J connectivity index is 1.98. The molecule has 8 heteroatoms. The van der Waals surface area contributed by atoms with Gasteiger partial charge in [-0.15, -0.1) is 0 Å². The van der Waals surface area contributed by atoms with Gasteiger partial charge in [0.1, 0.15) is 5.82 Å². The van der Waals surface area contributed by atoms with Crippen molar-refractivity contribution in [2.45, 2.75) is 0 Å². The fourth-order valence-electron chi connectivity index (χ4n) is 1.62. The summed E-state index contributed by atoms with van der Waals surface area (Å²) >= 11 is 0. The molecule has 19 heavy (non-hydrogen) atoms. The molecule has 0 aliphatic heterocycles. The second-order valence-electron chi connectivity index (χ2n) is 3.82. The van der Waals surface area contributed by atoms with E-state index in [0.717, 1.165) is 12.1 Å². The molecule has 96 valence electrons. The lowest BCUT2D eigenvalue weighted by Gasteiger charge is -2.06. The molecule has 3 aromatic rings. The number of aromatic amines is 1. The van der Waals surface area contributed by atoms with E-state index in [-0.39, 0.29) is 11.8 Å². The first-order chi connectivity index (χ1) is 9.13. The maximum absolute atomic E-state index is 13.1. The quantitative estimate of drug-likeness (QED) is 0.656. The third kappa shape index (κ3) is 2.03. The van der Waals surface area contributed by atoms with Crippen molar-refractivity contribution >= 4 is 28.5 Å². The van der Waals surface area contributed by atoms with Gasteiger partial charge in [-0.2, -0.15) is 15.1 Å². The van der Waals surface area contributed by atoms with Gasteiger partial charge in [0.05, 0.1) is 11.6 Å². The minimum atomic E-state index is -0.958. The summed E-state index contributed by atoms with van der Waals surface area (Å²) in [5, 5.41) is 9.77. The van der Waals surface area contributed by atoms with Gasteiger partial charge < -0.3 is 11.1 Å². The molecule has 0 amide bonds. The van der Waals surface area contributed by atoms with Gasteiger partial charge in [-0.3, -0.25) is 5.10 Å². The van der Waals surface area contributed by atoms with Crippen LogP contribution in [0.1, 0.15) is 0 Å². The predicted octanol–water partition coefficient (Wildman–Crippen LogP) is 1.96. The fraction of sp³-hybridized carbons (Fsp3) is 0. The Labute approximate surface area is 105 Å². The average molecular weight is 262 g/mol. The largest absolute Gasteiger partial charge is 0.383 e. The third-order valence-corrected chi connectivity index (χ3v) is 2.51. The molecule has 0 saturated carbocycles. The van der Waals surface area contributed by atoms with Gasteiger partial charge in [-0.05, 0) is 12.1 Å². The van der Waals surface area contributed by atoms with Crippen molar-refractivity contribution in [1.29, 1.82) is 0 Å². The Kier molecular flexibility index (Phi) is 2.48. The summed E-state index contributed by atoms with van der Waals surface area (Å²) in [6.45, 7) is 0. The molecule has 0 spiro atoms. The van der Waals surface area contributed by atoms with E-state index in [2.05, 4.69) is 25.5 Å². The molecule has 0 atom stereocenters. The minimum Gasteiger partial charge on any atom is -0.383 e. The zero-order chi connectivity index (χ0) is 13.4. The van der Waals surface area contributed by atoms with E-state index < -0.39 is 11.6 Å². The number of nitrogen functional groups attached to an aromatic ring is 1.